The topological polar surface area (TPSA) is 71.5 Å². The van der Waals surface area contributed by atoms with Gasteiger partial charge in [-0.25, -0.2) is 4.79 Å². The number of carbonyl (C=O) groups is 2. The molecule has 26 heavy (non-hydrogen) atoms. The van der Waals surface area contributed by atoms with Crippen LogP contribution in [0.4, 0.5) is 16.2 Å². The molecule has 1 fully saturated rings. The molecule has 2 aromatic rings. The number of cyclic esters (lactones) is 1. The van der Waals surface area contributed by atoms with Gasteiger partial charge >= 0.3 is 6.09 Å². The van der Waals surface area contributed by atoms with Crippen LogP contribution in [-0.4, -0.2) is 30.1 Å². The van der Waals surface area contributed by atoms with Gasteiger partial charge in [0, 0.05) is 23.6 Å². The molecular formula is C20H21N3O3. The van der Waals surface area contributed by atoms with Gasteiger partial charge in [-0.3, -0.25) is 14.7 Å². The molecule has 1 atom stereocenters. The van der Waals surface area contributed by atoms with Crippen molar-refractivity contribution >= 4 is 30.0 Å². The van der Waals surface area contributed by atoms with E-state index in [-0.39, 0.29) is 12.2 Å². The fourth-order valence-electron chi connectivity index (χ4n) is 2.96. The molecule has 1 aliphatic heterocycles. The lowest BCUT2D eigenvalue weighted by Gasteiger charge is -2.13. The molecule has 1 aromatic carbocycles. The number of hydrogen-bond acceptors (Lipinski definition) is 4. The predicted octanol–water partition coefficient (Wildman–Crippen LogP) is 3.64. The number of carbonyl (C=O) groups excluding carboxylic acids is 2. The molecule has 1 saturated heterocycles. The summed E-state index contributed by atoms with van der Waals surface area (Å²) in [7, 11) is 0. The quantitative estimate of drug-likeness (QED) is 0.807. The van der Waals surface area contributed by atoms with Gasteiger partial charge in [-0.15, -0.1) is 0 Å². The van der Waals surface area contributed by atoms with Crippen molar-refractivity contribution in [1.82, 2.24) is 4.98 Å². The second-order valence-corrected chi connectivity index (χ2v) is 6.36. The minimum Gasteiger partial charge on any atom is -0.444 e. The van der Waals surface area contributed by atoms with Crippen LogP contribution in [0.1, 0.15) is 25.0 Å². The van der Waals surface area contributed by atoms with Gasteiger partial charge in [0.05, 0.1) is 12.2 Å². The Morgan fingerprint density at radius 2 is 2.12 bits per heavy atom. The van der Waals surface area contributed by atoms with Gasteiger partial charge in [-0.2, -0.15) is 0 Å². The zero-order chi connectivity index (χ0) is 18.5. The summed E-state index contributed by atoms with van der Waals surface area (Å²) < 4.78 is 5.16. The van der Waals surface area contributed by atoms with Crippen LogP contribution in [0.3, 0.4) is 0 Å². The Bertz CT molecular complexity index is 830. The van der Waals surface area contributed by atoms with E-state index in [1.165, 1.54) is 0 Å². The Kier molecular flexibility index (Phi) is 5.31. The van der Waals surface area contributed by atoms with Crippen LogP contribution in [0.5, 0.6) is 0 Å². The Labute approximate surface area is 152 Å². The third kappa shape index (κ3) is 4.08. The van der Waals surface area contributed by atoms with E-state index in [4.69, 9.17) is 4.74 Å². The fourth-order valence-corrected chi connectivity index (χ4v) is 2.96. The summed E-state index contributed by atoms with van der Waals surface area (Å²) in [6.45, 7) is 4.49. The number of rotatable bonds is 6. The molecule has 1 unspecified atom stereocenters. The van der Waals surface area contributed by atoms with Crippen LogP contribution in [0.25, 0.3) is 6.08 Å². The predicted molar refractivity (Wildman–Crippen MR) is 101 cm³/mol. The van der Waals surface area contributed by atoms with Crippen molar-refractivity contribution in [3.8, 4) is 0 Å². The maximum absolute atomic E-state index is 11.8. The van der Waals surface area contributed by atoms with Gasteiger partial charge in [-0.1, -0.05) is 23.8 Å². The number of benzene rings is 1. The van der Waals surface area contributed by atoms with Gasteiger partial charge in [0.2, 0.25) is 6.41 Å². The first-order valence-electron chi connectivity index (χ1n) is 8.45. The molecule has 0 aliphatic carbocycles. The zero-order valence-electron chi connectivity index (χ0n) is 14.8. The number of amides is 2. The summed E-state index contributed by atoms with van der Waals surface area (Å²) in [6.07, 6.45) is 6.41. The van der Waals surface area contributed by atoms with Crippen molar-refractivity contribution in [3.05, 3.63) is 59.4 Å². The highest BCUT2D eigenvalue weighted by Gasteiger charge is 2.29. The number of allylic oxidation sites excluding steroid dienone is 1. The highest BCUT2D eigenvalue weighted by molar-refractivity contribution is 5.89. The monoisotopic (exact) mass is 351 g/mol. The van der Waals surface area contributed by atoms with Crippen molar-refractivity contribution < 1.29 is 14.3 Å². The van der Waals surface area contributed by atoms with E-state index in [1.807, 2.05) is 44.2 Å². The highest BCUT2D eigenvalue weighted by atomic mass is 16.6. The standard InChI is InChI=1S/C20H21N3O3/c1-14(10-17-11-21-8-7-19(17)22-13-24)9-16-3-5-18(6-4-16)23-12-15(2)26-20(23)25/h3-8,10-11,13,15H,9,12H2,1-2H3,(H,21,22,24)/b14-10+. The summed E-state index contributed by atoms with van der Waals surface area (Å²) in [5.41, 5.74) is 4.70. The van der Waals surface area contributed by atoms with E-state index >= 15 is 0 Å². The summed E-state index contributed by atoms with van der Waals surface area (Å²) in [5.74, 6) is 0. The van der Waals surface area contributed by atoms with Crippen molar-refractivity contribution in [3.63, 3.8) is 0 Å². The minimum atomic E-state index is -0.298. The minimum absolute atomic E-state index is 0.0824. The first-order valence-corrected chi connectivity index (χ1v) is 8.45. The fraction of sp³-hybridized carbons (Fsp3) is 0.250. The Balaban J connectivity index is 1.71. The number of nitrogens with zero attached hydrogens (tertiary/aromatic N) is 2. The Morgan fingerprint density at radius 1 is 1.35 bits per heavy atom. The normalized spacial score (nSPS) is 17.2. The molecule has 6 nitrogen and oxygen atoms in total. The molecular weight excluding hydrogens is 330 g/mol. The third-order valence-corrected chi connectivity index (χ3v) is 4.16. The maximum atomic E-state index is 11.8. The lowest BCUT2D eigenvalue weighted by Crippen LogP contribution is -2.23. The first kappa shape index (κ1) is 17.7. The van der Waals surface area contributed by atoms with Crippen LogP contribution in [0, 0.1) is 0 Å². The van der Waals surface area contributed by atoms with Crippen molar-refractivity contribution in [2.75, 3.05) is 16.8 Å². The zero-order valence-corrected chi connectivity index (χ0v) is 14.8. The van der Waals surface area contributed by atoms with Gasteiger partial charge in [0.25, 0.3) is 0 Å². The molecule has 1 aromatic heterocycles. The van der Waals surface area contributed by atoms with Crippen LogP contribution in [0.2, 0.25) is 0 Å². The summed E-state index contributed by atoms with van der Waals surface area (Å²) in [5, 5.41) is 2.68. The number of aromatic nitrogens is 1. The second-order valence-electron chi connectivity index (χ2n) is 6.36. The lowest BCUT2D eigenvalue weighted by atomic mass is 10.0. The summed E-state index contributed by atoms with van der Waals surface area (Å²) >= 11 is 0. The van der Waals surface area contributed by atoms with E-state index in [9.17, 15) is 9.59 Å². The SMILES string of the molecule is C/C(=C\c1cnccc1NC=O)Cc1ccc(N2CC(C)OC2=O)cc1. The first-order chi connectivity index (χ1) is 12.6. The summed E-state index contributed by atoms with van der Waals surface area (Å²) in [4.78, 5) is 28.2. The van der Waals surface area contributed by atoms with Crippen molar-refractivity contribution in [2.45, 2.75) is 26.4 Å². The largest absolute Gasteiger partial charge is 0.444 e. The average Bonchev–Trinajstić information content (AvgIpc) is 2.96. The van der Waals surface area contributed by atoms with Crippen LogP contribution < -0.4 is 10.2 Å². The van der Waals surface area contributed by atoms with E-state index in [0.717, 1.165) is 34.5 Å². The molecule has 134 valence electrons. The van der Waals surface area contributed by atoms with Crippen molar-refractivity contribution in [1.29, 1.82) is 0 Å². The molecule has 0 spiro atoms. The molecule has 3 rings (SSSR count). The molecule has 1 N–H and O–H groups in total. The number of anilines is 2. The van der Waals surface area contributed by atoms with E-state index in [2.05, 4.69) is 10.3 Å². The number of ether oxygens (including phenoxy) is 1. The van der Waals surface area contributed by atoms with E-state index in [0.29, 0.717) is 13.0 Å². The second kappa shape index (κ2) is 7.82. The number of hydrogen-bond donors (Lipinski definition) is 1. The molecule has 2 amide bonds. The molecule has 0 bridgehead atoms. The lowest BCUT2D eigenvalue weighted by molar-refractivity contribution is -0.105. The smallest absolute Gasteiger partial charge is 0.414 e. The summed E-state index contributed by atoms with van der Waals surface area (Å²) in [6, 6.07) is 9.66. The molecule has 1 aliphatic rings. The molecule has 6 heteroatoms. The number of pyridine rings is 1. The highest BCUT2D eigenvalue weighted by Crippen LogP contribution is 2.23. The van der Waals surface area contributed by atoms with Gasteiger partial charge in [0.15, 0.2) is 0 Å². The van der Waals surface area contributed by atoms with E-state index < -0.39 is 0 Å². The Hall–Kier alpha value is -3.15. The van der Waals surface area contributed by atoms with Crippen LogP contribution >= 0.6 is 0 Å². The van der Waals surface area contributed by atoms with Crippen LogP contribution in [0.15, 0.2) is 48.3 Å². The van der Waals surface area contributed by atoms with Gasteiger partial charge in [-0.05, 0) is 44.0 Å². The van der Waals surface area contributed by atoms with E-state index in [1.54, 1.807) is 23.4 Å². The number of nitrogens with one attached hydrogen (secondary N) is 1. The van der Waals surface area contributed by atoms with Crippen molar-refractivity contribution in [2.24, 2.45) is 0 Å². The molecule has 0 radical (unpaired) electrons. The Morgan fingerprint density at radius 3 is 2.77 bits per heavy atom. The average molecular weight is 351 g/mol. The van der Waals surface area contributed by atoms with Gasteiger partial charge in [0.1, 0.15) is 6.10 Å². The van der Waals surface area contributed by atoms with Crippen LogP contribution in [-0.2, 0) is 16.0 Å². The van der Waals surface area contributed by atoms with Gasteiger partial charge < -0.3 is 10.1 Å². The molecule has 2 heterocycles. The maximum Gasteiger partial charge on any atom is 0.414 e. The molecule has 0 saturated carbocycles. The third-order valence-electron chi connectivity index (χ3n) is 4.16.